The SMILES string of the molecule is CCN(CC(=O)NC(C)(C)C)C(=O)CCc1ccc(S(=O)(=O)N2CCCCC2)cc1. The van der Waals surface area contributed by atoms with Crippen LogP contribution < -0.4 is 5.32 Å². The summed E-state index contributed by atoms with van der Waals surface area (Å²) in [5, 5.41) is 2.87. The molecule has 0 unspecified atom stereocenters. The standard InChI is InChI=1S/C22H35N3O4S/c1-5-24(17-20(26)23-22(2,3)4)21(27)14-11-18-9-12-19(13-10-18)30(28,29)25-15-7-6-8-16-25/h9-10,12-13H,5-8,11,14-17H2,1-4H3,(H,23,26). The summed E-state index contributed by atoms with van der Waals surface area (Å²) in [4.78, 5) is 26.5. The first-order chi connectivity index (χ1) is 14.0. The summed E-state index contributed by atoms with van der Waals surface area (Å²) < 4.78 is 27.0. The molecule has 8 heteroatoms. The van der Waals surface area contributed by atoms with Gasteiger partial charge >= 0.3 is 0 Å². The second-order valence-electron chi connectivity index (χ2n) is 8.81. The van der Waals surface area contributed by atoms with Gasteiger partial charge in [-0.1, -0.05) is 18.6 Å². The van der Waals surface area contributed by atoms with E-state index in [9.17, 15) is 18.0 Å². The third-order valence-electron chi connectivity index (χ3n) is 5.09. The lowest BCUT2D eigenvalue weighted by molar-refractivity contribution is -0.136. The van der Waals surface area contributed by atoms with E-state index in [0.717, 1.165) is 24.8 Å². The van der Waals surface area contributed by atoms with E-state index in [4.69, 9.17) is 0 Å². The number of amides is 2. The lowest BCUT2D eigenvalue weighted by Crippen LogP contribution is -2.47. The Morgan fingerprint density at radius 1 is 1.07 bits per heavy atom. The molecule has 1 saturated heterocycles. The van der Waals surface area contributed by atoms with Crippen molar-refractivity contribution in [2.24, 2.45) is 0 Å². The molecule has 1 heterocycles. The molecule has 1 aliphatic heterocycles. The predicted octanol–water partition coefficient (Wildman–Crippen LogP) is 2.56. The summed E-state index contributed by atoms with van der Waals surface area (Å²) in [6, 6.07) is 6.79. The van der Waals surface area contributed by atoms with Gasteiger partial charge in [-0.15, -0.1) is 0 Å². The Hall–Kier alpha value is -1.93. The summed E-state index contributed by atoms with van der Waals surface area (Å²) in [6.45, 7) is 9.21. The van der Waals surface area contributed by atoms with E-state index in [1.807, 2.05) is 27.7 Å². The number of hydrogen-bond donors (Lipinski definition) is 1. The fourth-order valence-electron chi connectivity index (χ4n) is 3.50. The Labute approximate surface area is 180 Å². The molecule has 0 aliphatic carbocycles. The quantitative estimate of drug-likeness (QED) is 0.677. The summed E-state index contributed by atoms with van der Waals surface area (Å²) >= 11 is 0. The minimum Gasteiger partial charge on any atom is -0.350 e. The van der Waals surface area contributed by atoms with Gasteiger partial charge in [0, 0.05) is 31.6 Å². The van der Waals surface area contributed by atoms with Crippen LogP contribution in [-0.2, 0) is 26.0 Å². The van der Waals surface area contributed by atoms with Gasteiger partial charge in [-0.25, -0.2) is 8.42 Å². The van der Waals surface area contributed by atoms with Crippen molar-refractivity contribution in [2.75, 3.05) is 26.2 Å². The topological polar surface area (TPSA) is 86.8 Å². The Morgan fingerprint density at radius 3 is 2.20 bits per heavy atom. The molecule has 168 valence electrons. The number of rotatable bonds is 8. The smallest absolute Gasteiger partial charge is 0.243 e. The minimum absolute atomic E-state index is 0.0413. The van der Waals surface area contributed by atoms with Crippen molar-refractivity contribution in [3.63, 3.8) is 0 Å². The predicted molar refractivity (Wildman–Crippen MR) is 118 cm³/mol. The molecule has 1 aliphatic rings. The van der Waals surface area contributed by atoms with Gasteiger partial charge in [-0.3, -0.25) is 9.59 Å². The first-order valence-corrected chi connectivity index (χ1v) is 12.1. The van der Waals surface area contributed by atoms with Crippen LogP contribution in [0.1, 0.15) is 58.9 Å². The van der Waals surface area contributed by atoms with Crippen molar-refractivity contribution < 1.29 is 18.0 Å². The molecule has 0 bridgehead atoms. The van der Waals surface area contributed by atoms with Gasteiger partial charge in [0.15, 0.2) is 0 Å². The number of nitrogens with one attached hydrogen (secondary N) is 1. The maximum Gasteiger partial charge on any atom is 0.243 e. The normalized spacial score (nSPS) is 15.6. The minimum atomic E-state index is -3.44. The number of benzene rings is 1. The molecule has 0 atom stereocenters. The maximum atomic E-state index is 12.7. The molecule has 0 saturated carbocycles. The number of nitrogens with zero attached hydrogens (tertiary/aromatic N) is 2. The molecule has 2 rings (SSSR count). The summed E-state index contributed by atoms with van der Waals surface area (Å²) in [6.07, 6.45) is 3.66. The molecule has 2 amide bonds. The van der Waals surface area contributed by atoms with Gasteiger partial charge < -0.3 is 10.2 Å². The number of carbonyl (C=O) groups excluding carboxylic acids is 2. The van der Waals surface area contributed by atoms with Crippen LogP contribution >= 0.6 is 0 Å². The Morgan fingerprint density at radius 2 is 1.67 bits per heavy atom. The number of aryl methyl sites for hydroxylation is 1. The molecular weight excluding hydrogens is 402 g/mol. The van der Waals surface area contributed by atoms with Crippen molar-refractivity contribution in [1.82, 2.24) is 14.5 Å². The second-order valence-corrected chi connectivity index (χ2v) is 10.8. The first kappa shape index (κ1) is 24.3. The van der Waals surface area contributed by atoms with Crippen LogP contribution in [0.5, 0.6) is 0 Å². The largest absolute Gasteiger partial charge is 0.350 e. The van der Waals surface area contributed by atoms with Crippen molar-refractivity contribution in [3.8, 4) is 0 Å². The van der Waals surface area contributed by atoms with E-state index in [1.165, 1.54) is 4.90 Å². The van der Waals surface area contributed by atoms with E-state index in [0.29, 0.717) is 31.0 Å². The van der Waals surface area contributed by atoms with Crippen LogP contribution in [0, 0.1) is 0 Å². The number of sulfonamides is 1. The molecule has 1 aromatic carbocycles. The van der Waals surface area contributed by atoms with Crippen molar-refractivity contribution in [3.05, 3.63) is 29.8 Å². The van der Waals surface area contributed by atoms with Crippen LogP contribution in [0.25, 0.3) is 0 Å². The fraction of sp³-hybridized carbons (Fsp3) is 0.636. The van der Waals surface area contributed by atoms with E-state index in [-0.39, 0.29) is 30.3 Å². The van der Waals surface area contributed by atoms with Crippen molar-refractivity contribution in [1.29, 1.82) is 0 Å². The van der Waals surface area contributed by atoms with Crippen molar-refractivity contribution >= 4 is 21.8 Å². The molecule has 1 aromatic rings. The monoisotopic (exact) mass is 437 g/mol. The number of hydrogen-bond acceptors (Lipinski definition) is 4. The Bertz CT molecular complexity index is 823. The lowest BCUT2D eigenvalue weighted by Gasteiger charge is -2.26. The van der Waals surface area contributed by atoms with Crippen molar-refractivity contribution in [2.45, 2.75) is 70.2 Å². The molecule has 30 heavy (non-hydrogen) atoms. The average molecular weight is 438 g/mol. The van der Waals surface area contributed by atoms with Gasteiger partial charge in [0.05, 0.1) is 11.4 Å². The van der Waals surface area contributed by atoms with Gasteiger partial charge in [0.1, 0.15) is 0 Å². The third-order valence-corrected chi connectivity index (χ3v) is 7.00. The molecule has 7 nitrogen and oxygen atoms in total. The summed E-state index contributed by atoms with van der Waals surface area (Å²) in [5.41, 5.74) is 0.562. The number of carbonyl (C=O) groups is 2. The van der Waals surface area contributed by atoms with E-state index >= 15 is 0 Å². The highest BCUT2D eigenvalue weighted by Gasteiger charge is 2.25. The highest BCUT2D eigenvalue weighted by atomic mass is 32.2. The van der Waals surface area contributed by atoms with Crippen LogP contribution in [-0.4, -0.2) is 61.2 Å². The third kappa shape index (κ3) is 7.09. The molecule has 0 aromatic heterocycles. The van der Waals surface area contributed by atoms with Gasteiger partial charge in [0.2, 0.25) is 21.8 Å². The van der Waals surface area contributed by atoms with Gasteiger partial charge in [0.25, 0.3) is 0 Å². The van der Waals surface area contributed by atoms with E-state index < -0.39 is 10.0 Å². The number of likely N-dealkylation sites (N-methyl/N-ethyl adjacent to an activating group) is 1. The van der Waals surface area contributed by atoms with Crippen LogP contribution in [0.3, 0.4) is 0 Å². The Kier molecular flexibility index (Phi) is 8.43. The average Bonchev–Trinajstić information content (AvgIpc) is 2.70. The second kappa shape index (κ2) is 10.4. The number of piperidine rings is 1. The highest BCUT2D eigenvalue weighted by Crippen LogP contribution is 2.21. The highest BCUT2D eigenvalue weighted by molar-refractivity contribution is 7.89. The zero-order valence-corrected chi connectivity index (χ0v) is 19.4. The molecule has 1 fully saturated rings. The molecule has 0 spiro atoms. The fourth-order valence-corrected chi connectivity index (χ4v) is 5.02. The molecular formula is C22H35N3O4S. The van der Waals surface area contributed by atoms with Crippen LogP contribution in [0.2, 0.25) is 0 Å². The zero-order valence-electron chi connectivity index (χ0n) is 18.6. The molecule has 1 N–H and O–H groups in total. The Balaban J connectivity index is 1.92. The maximum absolute atomic E-state index is 12.7. The van der Waals surface area contributed by atoms with Crippen LogP contribution in [0.15, 0.2) is 29.2 Å². The van der Waals surface area contributed by atoms with E-state index in [2.05, 4.69) is 5.32 Å². The van der Waals surface area contributed by atoms with Gasteiger partial charge in [-0.05, 0) is 64.7 Å². The lowest BCUT2D eigenvalue weighted by atomic mass is 10.1. The summed E-state index contributed by atoms with van der Waals surface area (Å²) in [7, 11) is -3.44. The zero-order chi connectivity index (χ0) is 22.4. The van der Waals surface area contributed by atoms with Gasteiger partial charge in [-0.2, -0.15) is 4.31 Å². The summed E-state index contributed by atoms with van der Waals surface area (Å²) in [5.74, 6) is -0.267. The van der Waals surface area contributed by atoms with E-state index in [1.54, 1.807) is 28.6 Å². The van der Waals surface area contributed by atoms with Crippen LogP contribution in [0.4, 0.5) is 0 Å². The first-order valence-electron chi connectivity index (χ1n) is 10.7. The molecule has 0 radical (unpaired) electrons.